The lowest BCUT2D eigenvalue weighted by atomic mass is 9.86. The predicted octanol–water partition coefficient (Wildman–Crippen LogP) is 3.60. The van der Waals surface area contributed by atoms with Crippen molar-refractivity contribution < 1.29 is 9.59 Å². The largest absolute Gasteiger partial charge is 0.269 e. The fraction of sp³-hybridized carbons (Fsp3) is 0.474. The Hall–Kier alpha value is -1.90. The van der Waals surface area contributed by atoms with Crippen LogP contribution in [0.15, 0.2) is 30.4 Å². The van der Waals surface area contributed by atoms with Gasteiger partial charge in [-0.25, -0.2) is 0 Å². The summed E-state index contributed by atoms with van der Waals surface area (Å²) in [5.74, 6) is 0.740. The molecule has 0 N–H and O–H groups in total. The molecule has 0 saturated carbocycles. The molecule has 22 heavy (non-hydrogen) atoms. The van der Waals surface area contributed by atoms with Crippen LogP contribution in [0.5, 0.6) is 0 Å². The van der Waals surface area contributed by atoms with Crippen molar-refractivity contribution in [3.05, 3.63) is 47.0 Å². The monoisotopic (exact) mass is 297 g/mol. The van der Waals surface area contributed by atoms with Crippen molar-refractivity contribution in [1.82, 2.24) is 4.90 Å². The number of hydrogen-bond donors (Lipinski definition) is 0. The number of rotatable bonds is 3. The first-order valence-electron chi connectivity index (χ1n) is 8.08. The quantitative estimate of drug-likeness (QED) is 0.799. The van der Waals surface area contributed by atoms with Gasteiger partial charge in [0.15, 0.2) is 0 Å². The maximum absolute atomic E-state index is 12.2. The molecule has 1 heterocycles. The number of imide groups is 1. The average molecular weight is 297 g/mol. The molecule has 3 nitrogen and oxygen atoms in total. The van der Waals surface area contributed by atoms with Crippen molar-refractivity contribution in [2.75, 3.05) is 0 Å². The van der Waals surface area contributed by atoms with Crippen LogP contribution >= 0.6 is 0 Å². The lowest BCUT2D eigenvalue weighted by molar-refractivity contribution is -0.141. The molecule has 2 amide bonds. The number of amides is 2. The number of hydrogen-bond acceptors (Lipinski definition) is 2. The van der Waals surface area contributed by atoms with Gasteiger partial charge in [-0.05, 0) is 40.9 Å². The highest BCUT2D eigenvalue weighted by Crippen LogP contribution is 2.47. The van der Waals surface area contributed by atoms with Crippen molar-refractivity contribution in [2.45, 2.75) is 46.1 Å². The molecule has 1 aromatic rings. The number of nitrogens with zero attached hydrogens (tertiary/aromatic N) is 1. The van der Waals surface area contributed by atoms with Crippen LogP contribution in [0.1, 0.15) is 56.3 Å². The SMILES string of the molecule is CC(C)c1cccc2c1[C@@H](N1C(=O)C=CC1=O)[C@H](C(C)C)C2. The lowest BCUT2D eigenvalue weighted by Gasteiger charge is -2.32. The molecule has 116 valence electrons. The van der Waals surface area contributed by atoms with Gasteiger partial charge in [-0.2, -0.15) is 0 Å². The number of carbonyl (C=O) groups excluding carboxylic acids is 2. The molecule has 3 heteroatoms. The van der Waals surface area contributed by atoms with Gasteiger partial charge < -0.3 is 0 Å². The summed E-state index contributed by atoms with van der Waals surface area (Å²) >= 11 is 0. The van der Waals surface area contributed by atoms with E-state index in [1.807, 2.05) is 0 Å². The zero-order chi connectivity index (χ0) is 16.0. The summed E-state index contributed by atoms with van der Waals surface area (Å²) in [4.78, 5) is 26.0. The van der Waals surface area contributed by atoms with E-state index in [1.54, 1.807) is 0 Å². The van der Waals surface area contributed by atoms with Crippen molar-refractivity contribution >= 4 is 11.8 Å². The minimum absolute atomic E-state index is 0.122. The Morgan fingerprint density at radius 3 is 2.23 bits per heavy atom. The summed E-state index contributed by atoms with van der Waals surface area (Å²) in [6.07, 6.45) is 3.74. The van der Waals surface area contributed by atoms with E-state index < -0.39 is 0 Å². The van der Waals surface area contributed by atoms with Crippen LogP contribution < -0.4 is 0 Å². The second-order valence-electron chi connectivity index (χ2n) is 7.01. The summed E-state index contributed by atoms with van der Waals surface area (Å²) < 4.78 is 0. The zero-order valence-corrected chi connectivity index (χ0v) is 13.7. The molecule has 1 aliphatic heterocycles. The fourth-order valence-electron chi connectivity index (χ4n) is 3.86. The summed E-state index contributed by atoms with van der Waals surface area (Å²) in [5, 5.41) is 0. The van der Waals surface area contributed by atoms with E-state index in [0.717, 1.165) is 6.42 Å². The highest BCUT2D eigenvalue weighted by atomic mass is 16.2. The summed E-state index contributed by atoms with van der Waals surface area (Å²) in [6.45, 7) is 8.69. The Morgan fingerprint density at radius 2 is 1.68 bits per heavy atom. The highest BCUT2D eigenvalue weighted by molar-refractivity contribution is 6.13. The van der Waals surface area contributed by atoms with Gasteiger partial charge in [0.2, 0.25) is 0 Å². The Kier molecular flexibility index (Phi) is 3.67. The third-order valence-corrected chi connectivity index (χ3v) is 4.99. The van der Waals surface area contributed by atoms with Crippen LogP contribution in [-0.2, 0) is 16.0 Å². The smallest absolute Gasteiger partial charge is 0.254 e. The maximum atomic E-state index is 12.2. The molecular formula is C19H23NO2. The van der Waals surface area contributed by atoms with Crippen LogP contribution in [0.2, 0.25) is 0 Å². The molecule has 0 radical (unpaired) electrons. The Balaban J connectivity index is 2.15. The van der Waals surface area contributed by atoms with Gasteiger partial charge >= 0.3 is 0 Å². The van der Waals surface area contributed by atoms with Gasteiger partial charge in [0, 0.05) is 12.2 Å². The fourth-order valence-corrected chi connectivity index (χ4v) is 3.86. The zero-order valence-electron chi connectivity index (χ0n) is 13.7. The van der Waals surface area contributed by atoms with E-state index >= 15 is 0 Å². The summed E-state index contributed by atoms with van der Waals surface area (Å²) in [5.41, 5.74) is 3.77. The van der Waals surface area contributed by atoms with Gasteiger partial charge in [-0.3, -0.25) is 14.5 Å². The van der Waals surface area contributed by atoms with Gasteiger partial charge in [0.25, 0.3) is 11.8 Å². The van der Waals surface area contributed by atoms with E-state index in [1.165, 1.54) is 33.7 Å². The van der Waals surface area contributed by atoms with Gasteiger partial charge in [0.1, 0.15) is 0 Å². The first-order chi connectivity index (χ1) is 10.4. The first-order valence-corrected chi connectivity index (χ1v) is 8.08. The van der Waals surface area contributed by atoms with Crippen LogP contribution in [0, 0.1) is 11.8 Å². The average Bonchev–Trinajstić information content (AvgIpc) is 2.99. The first kappa shape index (κ1) is 15.0. The molecule has 1 aromatic carbocycles. The molecule has 0 spiro atoms. The molecule has 0 bridgehead atoms. The second-order valence-corrected chi connectivity index (χ2v) is 7.01. The lowest BCUT2D eigenvalue weighted by Crippen LogP contribution is -2.38. The number of carbonyl (C=O) groups is 2. The van der Waals surface area contributed by atoms with E-state index in [4.69, 9.17) is 0 Å². The minimum atomic E-state index is -0.174. The number of fused-ring (bicyclic) bond motifs is 1. The van der Waals surface area contributed by atoms with Crippen LogP contribution in [-0.4, -0.2) is 16.7 Å². The molecule has 2 atom stereocenters. The molecule has 3 rings (SSSR count). The van der Waals surface area contributed by atoms with Crippen molar-refractivity contribution in [2.24, 2.45) is 11.8 Å². The van der Waals surface area contributed by atoms with Crippen LogP contribution in [0.3, 0.4) is 0 Å². The maximum Gasteiger partial charge on any atom is 0.254 e. The standard InChI is InChI=1S/C19H23NO2/c1-11(2)14-7-5-6-13-10-15(12(3)4)19(18(13)14)20-16(21)8-9-17(20)22/h5-9,11-12,15,19H,10H2,1-4H3/t15-,19-/m0/s1. The van der Waals surface area contributed by atoms with Crippen LogP contribution in [0.4, 0.5) is 0 Å². The molecule has 0 aromatic heterocycles. The molecule has 0 saturated heterocycles. The third kappa shape index (κ3) is 2.20. The minimum Gasteiger partial charge on any atom is -0.269 e. The van der Waals surface area contributed by atoms with Gasteiger partial charge in [-0.1, -0.05) is 45.9 Å². The molecule has 0 unspecified atom stereocenters. The molecule has 1 aliphatic carbocycles. The second kappa shape index (κ2) is 5.38. The predicted molar refractivity (Wildman–Crippen MR) is 86.3 cm³/mol. The Labute approximate surface area is 132 Å². The van der Waals surface area contributed by atoms with E-state index in [0.29, 0.717) is 17.8 Å². The number of benzene rings is 1. The van der Waals surface area contributed by atoms with Crippen LogP contribution in [0.25, 0.3) is 0 Å². The molecule has 0 fully saturated rings. The van der Waals surface area contributed by atoms with Crippen molar-refractivity contribution in [1.29, 1.82) is 0 Å². The van der Waals surface area contributed by atoms with Crippen molar-refractivity contribution in [3.8, 4) is 0 Å². The highest BCUT2D eigenvalue weighted by Gasteiger charge is 2.44. The summed E-state index contributed by atoms with van der Waals surface area (Å²) in [6, 6.07) is 6.26. The van der Waals surface area contributed by atoms with Crippen molar-refractivity contribution in [3.63, 3.8) is 0 Å². The van der Waals surface area contributed by atoms with Gasteiger partial charge in [0.05, 0.1) is 6.04 Å². The molecular weight excluding hydrogens is 274 g/mol. The third-order valence-electron chi connectivity index (χ3n) is 4.99. The topological polar surface area (TPSA) is 37.4 Å². The summed E-state index contributed by atoms with van der Waals surface area (Å²) in [7, 11) is 0. The van der Waals surface area contributed by atoms with E-state index in [-0.39, 0.29) is 17.9 Å². The normalized spacial score (nSPS) is 24.0. The Morgan fingerprint density at radius 1 is 1.05 bits per heavy atom. The molecule has 2 aliphatic rings. The Bertz CT molecular complexity index is 639. The van der Waals surface area contributed by atoms with E-state index in [2.05, 4.69) is 45.9 Å². The van der Waals surface area contributed by atoms with Gasteiger partial charge in [-0.15, -0.1) is 0 Å². The van der Waals surface area contributed by atoms with E-state index in [9.17, 15) is 9.59 Å².